The molecule has 0 aliphatic heterocycles. The van der Waals surface area contributed by atoms with Gasteiger partial charge in [-0.05, 0) is 32.1 Å². The third kappa shape index (κ3) is 38.1. The predicted octanol–water partition coefficient (Wildman–Crippen LogP) is 14.0. The molecule has 2 unspecified atom stereocenters. The average Bonchev–Trinajstić information content (AvgIpc) is 3.12. The Bertz CT molecular complexity index is 720. The van der Waals surface area contributed by atoms with Gasteiger partial charge in [0.15, 0.2) is 0 Å². The summed E-state index contributed by atoms with van der Waals surface area (Å²) in [4.78, 5) is 12.4. The predicted molar refractivity (Wildman–Crippen MR) is 221 cm³/mol. The quantitative estimate of drug-likeness (QED) is 0.0438. The molecule has 0 bridgehead atoms. The first kappa shape index (κ1) is 48.9. The van der Waals surface area contributed by atoms with Crippen molar-refractivity contribution in [1.82, 2.24) is 5.32 Å². The van der Waals surface area contributed by atoms with Crippen LogP contribution in [0.2, 0.25) is 0 Å². The van der Waals surface area contributed by atoms with Gasteiger partial charge in [0.25, 0.3) is 0 Å². The highest BCUT2D eigenvalue weighted by molar-refractivity contribution is 5.76. The van der Waals surface area contributed by atoms with Crippen molar-refractivity contribution in [2.75, 3.05) is 6.61 Å². The molecule has 0 aliphatic carbocycles. The molecule has 0 fully saturated rings. The van der Waals surface area contributed by atoms with Crippen LogP contribution < -0.4 is 5.32 Å². The summed E-state index contributed by atoms with van der Waals surface area (Å²) in [5.41, 5.74) is 0. The summed E-state index contributed by atoms with van der Waals surface area (Å²) < 4.78 is 0. The first-order chi connectivity index (χ1) is 24.7. The van der Waals surface area contributed by atoms with Crippen LogP contribution in [0.3, 0.4) is 0 Å². The number of carbonyl (C=O) groups excluding carboxylic acids is 1. The molecule has 0 rings (SSSR count). The maximum absolute atomic E-state index is 12.4. The fraction of sp³-hybridized carbons (Fsp3) is 0.891. The molecule has 2 atom stereocenters. The number of rotatable bonds is 41. The molecule has 0 spiro atoms. The van der Waals surface area contributed by atoms with E-state index in [9.17, 15) is 15.0 Å². The highest BCUT2D eigenvalue weighted by Crippen LogP contribution is 2.16. The van der Waals surface area contributed by atoms with Gasteiger partial charge in [-0.1, -0.05) is 231 Å². The SMILES string of the molecule is CCCCCCCCCCCCCCCCC/C=C/CC/C=C/C(O)C(CO)NC(=O)CCCCCCCCCCCCCCCCCCC. The maximum atomic E-state index is 12.4. The third-order valence-electron chi connectivity index (χ3n) is 10.4. The number of allylic oxidation sites excluding steroid dienone is 3. The molecule has 0 saturated carbocycles. The molecule has 0 heterocycles. The summed E-state index contributed by atoms with van der Waals surface area (Å²) in [6.45, 7) is 4.32. The Morgan fingerprint density at radius 3 is 1.16 bits per heavy atom. The standard InChI is InChI=1S/C46H89NO3/c1-3-5-7-9-11-13-15-17-19-21-22-23-24-26-27-29-31-33-35-37-39-41-45(49)44(43-48)47-46(50)42-40-38-36-34-32-30-28-25-20-18-16-14-12-10-8-6-4-2/h31,33,39,41,44-45,48-49H,3-30,32,34-38,40,42-43H2,1-2H3,(H,47,50)/b33-31+,41-39+. The normalized spacial score (nSPS) is 13.1. The van der Waals surface area contributed by atoms with E-state index in [2.05, 4.69) is 31.3 Å². The first-order valence-electron chi connectivity index (χ1n) is 22.6. The van der Waals surface area contributed by atoms with Crippen LogP contribution in [0, 0.1) is 0 Å². The lowest BCUT2D eigenvalue weighted by molar-refractivity contribution is -0.123. The van der Waals surface area contributed by atoms with E-state index in [1.807, 2.05) is 6.08 Å². The van der Waals surface area contributed by atoms with E-state index in [-0.39, 0.29) is 12.5 Å². The minimum absolute atomic E-state index is 0.0702. The van der Waals surface area contributed by atoms with Gasteiger partial charge in [0, 0.05) is 6.42 Å². The van der Waals surface area contributed by atoms with Crippen molar-refractivity contribution in [2.45, 2.75) is 257 Å². The summed E-state index contributed by atoms with van der Waals surface area (Å²) in [6.07, 6.45) is 54.3. The van der Waals surface area contributed by atoms with Crippen LogP contribution in [0.15, 0.2) is 24.3 Å². The van der Waals surface area contributed by atoms with Crippen LogP contribution in [0.4, 0.5) is 0 Å². The van der Waals surface area contributed by atoms with Gasteiger partial charge >= 0.3 is 0 Å². The first-order valence-corrected chi connectivity index (χ1v) is 22.6. The summed E-state index contributed by atoms with van der Waals surface area (Å²) in [5, 5.41) is 23.0. The second kappa shape index (κ2) is 42.3. The number of hydrogen-bond acceptors (Lipinski definition) is 3. The third-order valence-corrected chi connectivity index (χ3v) is 10.4. The molecule has 3 N–H and O–H groups in total. The van der Waals surface area contributed by atoms with Crippen LogP contribution in [0.5, 0.6) is 0 Å². The molecular weight excluding hydrogens is 615 g/mol. The molecule has 0 aromatic carbocycles. The van der Waals surface area contributed by atoms with Crippen LogP contribution in [0.1, 0.15) is 245 Å². The number of nitrogens with one attached hydrogen (secondary N) is 1. The van der Waals surface area contributed by atoms with Crippen LogP contribution in [-0.2, 0) is 4.79 Å². The Morgan fingerprint density at radius 2 is 0.780 bits per heavy atom. The van der Waals surface area contributed by atoms with E-state index in [1.165, 1.54) is 193 Å². The van der Waals surface area contributed by atoms with Gasteiger partial charge in [-0.15, -0.1) is 0 Å². The number of unbranched alkanes of at least 4 members (excludes halogenated alkanes) is 32. The van der Waals surface area contributed by atoms with E-state index < -0.39 is 12.1 Å². The molecular formula is C46H89NO3. The zero-order chi connectivity index (χ0) is 36.4. The van der Waals surface area contributed by atoms with Crippen LogP contribution in [0.25, 0.3) is 0 Å². The van der Waals surface area contributed by atoms with Gasteiger partial charge in [0.05, 0.1) is 18.8 Å². The van der Waals surface area contributed by atoms with E-state index in [4.69, 9.17) is 0 Å². The highest BCUT2D eigenvalue weighted by atomic mass is 16.3. The smallest absolute Gasteiger partial charge is 0.220 e. The Balaban J connectivity index is 3.57. The van der Waals surface area contributed by atoms with E-state index in [0.717, 1.165) is 32.1 Å². The maximum Gasteiger partial charge on any atom is 0.220 e. The van der Waals surface area contributed by atoms with E-state index >= 15 is 0 Å². The molecule has 0 aromatic heterocycles. The fourth-order valence-corrected chi connectivity index (χ4v) is 6.96. The highest BCUT2D eigenvalue weighted by Gasteiger charge is 2.17. The van der Waals surface area contributed by atoms with Crippen molar-refractivity contribution in [2.24, 2.45) is 0 Å². The second-order valence-corrected chi connectivity index (χ2v) is 15.5. The van der Waals surface area contributed by atoms with Gasteiger partial charge in [0.1, 0.15) is 0 Å². The summed E-state index contributed by atoms with van der Waals surface area (Å²) in [7, 11) is 0. The van der Waals surface area contributed by atoms with Gasteiger partial charge in [-0.25, -0.2) is 0 Å². The lowest BCUT2D eigenvalue weighted by Crippen LogP contribution is -2.45. The monoisotopic (exact) mass is 704 g/mol. The van der Waals surface area contributed by atoms with Crippen molar-refractivity contribution in [3.8, 4) is 0 Å². The van der Waals surface area contributed by atoms with Crippen molar-refractivity contribution in [1.29, 1.82) is 0 Å². The van der Waals surface area contributed by atoms with E-state index in [0.29, 0.717) is 6.42 Å². The Morgan fingerprint density at radius 1 is 0.460 bits per heavy atom. The number of carbonyl (C=O) groups is 1. The number of aliphatic hydroxyl groups is 2. The topological polar surface area (TPSA) is 69.6 Å². The van der Waals surface area contributed by atoms with Crippen molar-refractivity contribution in [3.05, 3.63) is 24.3 Å². The number of aliphatic hydroxyl groups excluding tert-OH is 2. The average molecular weight is 704 g/mol. The molecule has 4 heteroatoms. The van der Waals surface area contributed by atoms with Crippen LogP contribution in [-0.4, -0.2) is 34.9 Å². The van der Waals surface area contributed by atoms with Crippen molar-refractivity contribution in [3.63, 3.8) is 0 Å². The minimum atomic E-state index is -0.858. The van der Waals surface area contributed by atoms with Gasteiger partial charge in [-0.3, -0.25) is 4.79 Å². The summed E-state index contributed by atoms with van der Waals surface area (Å²) in [6, 6.07) is -0.634. The lowest BCUT2D eigenvalue weighted by atomic mass is 10.0. The van der Waals surface area contributed by atoms with Crippen molar-refractivity contribution < 1.29 is 15.0 Å². The van der Waals surface area contributed by atoms with E-state index in [1.54, 1.807) is 6.08 Å². The van der Waals surface area contributed by atoms with Gasteiger partial charge in [0.2, 0.25) is 5.91 Å². The minimum Gasteiger partial charge on any atom is -0.394 e. The fourth-order valence-electron chi connectivity index (χ4n) is 6.96. The second-order valence-electron chi connectivity index (χ2n) is 15.5. The molecule has 1 amide bonds. The Kier molecular flexibility index (Phi) is 41.3. The molecule has 0 aromatic rings. The zero-order valence-corrected chi connectivity index (χ0v) is 33.9. The zero-order valence-electron chi connectivity index (χ0n) is 33.9. The molecule has 0 radical (unpaired) electrons. The lowest BCUT2D eigenvalue weighted by Gasteiger charge is -2.19. The Hall–Kier alpha value is -1.13. The van der Waals surface area contributed by atoms with Crippen molar-refractivity contribution >= 4 is 5.91 Å². The molecule has 296 valence electrons. The van der Waals surface area contributed by atoms with Crippen LogP contribution >= 0.6 is 0 Å². The van der Waals surface area contributed by atoms with Gasteiger partial charge < -0.3 is 15.5 Å². The molecule has 0 aliphatic rings. The molecule has 50 heavy (non-hydrogen) atoms. The van der Waals surface area contributed by atoms with Gasteiger partial charge in [-0.2, -0.15) is 0 Å². The molecule has 0 saturated heterocycles. The molecule has 4 nitrogen and oxygen atoms in total. The Labute approximate surface area is 313 Å². The summed E-state index contributed by atoms with van der Waals surface area (Å²) in [5.74, 6) is -0.0702. The number of hydrogen-bond donors (Lipinski definition) is 3. The number of amides is 1. The largest absolute Gasteiger partial charge is 0.394 e. The summed E-state index contributed by atoms with van der Waals surface area (Å²) >= 11 is 0.